The van der Waals surface area contributed by atoms with Gasteiger partial charge in [-0.25, -0.2) is 8.42 Å². The smallest absolute Gasteiger partial charge is 0.261 e. The number of rotatable bonds is 8. The van der Waals surface area contributed by atoms with E-state index in [9.17, 15) is 13.2 Å². The lowest BCUT2D eigenvalue weighted by Gasteiger charge is -2.13. The second-order valence-corrected chi connectivity index (χ2v) is 9.50. The molecular formula is C25H28N2O4S. The fourth-order valence-corrected chi connectivity index (χ4v) is 4.21. The van der Waals surface area contributed by atoms with Crippen LogP contribution < -0.4 is 14.8 Å². The van der Waals surface area contributed by atoms with Crippen LogP contribution in [-0.2, 0) is 10.0 Å². The highest BCUT2D eigenvalue weighted by molar-refractivity contribution is 7.92. The minimum Gasteiger partial charge on any atom is -0.491 e. The Balaban J connectivity index is 1.63. The first kappa shape index (κ1) is 23.3. The maximum atomic E-state index is 12.7. The molecule has 3 rings (SSSR count). The van der Waals surface area contributed by atoms with E-state index < -0.39 is 10.0 Å². The molecule has 7 heteroatoms. The third kappa shape index (κ3) is 5.88. The van der Waals surface area contributed by atoms with E-state index in [4.69, 9.17) is 4.74 Å². The van der Waals surface area contributed by atoms with Gasteiger partial charge in [-0.1, -0.05) is 35.9 Å². The van der Waals surface area contributed by atoms with Crippen molar-refractivity contribution in [2.45, 2.75) is 32.6 Å². The Hall–Kier alpha value is -3.32. The van der Waals surface area contributed by atoms with Crippen LogP contribution in [0.1, 0.15) is 32.6 Å². The van der Waals surface area contributed by atoms with E-state index in [-0.39, 0.29) is 10.8 Å². The number of ether oxygens (including phenoxy) is 1. The molecule has 0 spiro atoms. The molecule has 0 unspecified atom stereocenters. The molecule has 3 aromatic carbocycles. The lowest BCUT2D eigenvalue weighted by Crippen LogP contribution is -2.28. The van der Waals surface area contributed by atoms with E-state index >= 15 is 0 Å². The minimum absolute atomic E-state index is 0.168. The van der Waals surface area contributed by atoms with Crippen molar-refractivity contribution in [1.29, 1.82) is 0 Å². The number of carbonyl (C=O) groups excluding carboxylic acids is 1. The average Bonchev–Trinajstić information content (AvgIpc) is 2.75. The summed E-state index contributed by atoms with van der Waals surface area (Å²) < 4.78 is 33.8. The minimum atomic E-state index is -3.76. The quantitative estimate of drug-likeness (QED) is 0.492. The van der Waals surface area contributed by atoms with Crippen LogP contribution in [0.4, 0.5) is 5.69 Å². The highest BCUT2D eigenvalue weighted by Crippen LogP contribution is 2.22. The summed E-state index contributed by atoms with van der Waals surface area (Å²) in [6.07, 6.45) is 0. The predicted octanol–water partition coefficient (Wildman–Crippen LogP) is 4.53. The van der Waals surface area contributed by atoms with Gasteiger partial charge in [0.15, 0.2) is 0 Å². The second-order valence-electron chi connectivity index (χ2n) is 7.82. The monoisotopic (exact) mass is 452 g/mol. The molecule has 0 bridgehead atoms. The van der Waals surface area contributed by atoms with Gasteiger partial charge in [-0.3, -0.25) is 9.52 Å². The summed E-state index contributed by atoms with van der Waals surface area (Å²) >= 11 is 0. The topological polar surface area (TPSA) is 84.5 Å². The zero-order chi connectivity index (χ0) is 23.3. The summed E-state index contributed by atoms with van der Waals surface area (Å²) in [6.45, 7) is 8.30. The molecule has 168 valence electrons. The molecule has 3 aromatic rings. The van der Waals surface area contributed by atoms with E-state index in [2.05, 4.69) is 10.0 Å². The van der Waals surface area contributed by atoms with Gasteiger partial charge >= 0.3 is 0 Å². The molecule has 2 N–H and O–H groups in total. The largest absolute Gasteiger partial charge is 0.491 e. The number of anilines is 1. The van der Waals surface area contributed by atoms with Crippen LogP contribution >= 0.6 is 0 Å². The van der Waals surface area contributed by atoms with Crippen LogP contribution in [0, 0.1) is 27.7 Å². The van der Waals surface area contributed by atoms with Gasteiger partial charge in [-0.15, -0.1) is 0 Å². The zero-order valence-corrected chi connectivity index (χ0v) is 19.5. The molecule has 0 saturated carbocycles. The van der Waals surface area contributed by atoms with Crippen LogP contribution in [0.25, 0.3) is 0 Å². The van der Waals surface area contributed by atoms with Crippen molar-refractivity contribution in [3.05, 3.63) is 88.5 Å². The van der Waals surface area contributed by atoms with Gasteiger partial charge in [-0.2, -0.15) is 0 Å². The van der Waals surface area contributed by atoms with Crippen LogP contribution in [0.2, 0.25) is 0 Å². The number of hydrogen-bond acceptors (Lipinski definition) is 4. The van der Waals surface area contributed by atoms with Gasteiger partial charge in [0.2, 0.25) is 0 Å². The third-order valence-corrected chi connectivity index (χ3v) is 6.45. The number of sulfonamides is 1. The Kier molecular flexibility index (Phi) is 7.20. The molecule has 1 amide bonds. The molecule has 0 radical (unpaired) electrons. The van der Waals surface area contributed by atoms with Gasteiger partial charge in [0, 0.05) is 5.56 Å². The summed E-state index contributed by atoms with van der Waals surface area (Å²) in [4.78, 5) is 12.7. The molecule has 6 nitrogen and oxygen atoms in total. The summed E-state index contributed by atoms with van der Waals surface area (Å²) in [5, 5.41) is 2.81. The van der Waals surface area contributed by atoms with E-state index in [1.165, 1.54) is 0 Å². The van der Waals surface area contributed by atoms with Crippen LogP contribution in [0.5, 0.6) is 5.75 Å². The first-order valence-corrected chi connectivity index (χ1v) is 11.8. The van der Waals surface area contributed by atoms with Gasteiger partial charge < -0.3 is 10.1 Å². The van der Waals surface area contributed by atoms with E-state index in [0.717, 1.165) is 28.0 Å². The summed E-state index contributed by atoms with van der Waals surface area (Å²) in [7, 11) is -3.76. The maximum absolute atomic E-state index is 12.7. The van der Waals surface area contributed by atoms with Crippen molar-refractivity contribution in [1.82, 2.24) is 5.32 Å². The van der Waals surface area contributed by atoms with Crippen LogP contribution in [-0.4, -0.2) is 27.5 Å². The fraction of sp³-hybridized carbons (Fsp3) is 0.240. The van der Waals surface area contributed by atoms with Crippen molar-refractivity contribution in [2.75, 3.05) is 17.9 Å². The Bertz CT molecular complexity index is 1220. The number of aryl methyl sites for hydroxylation is 4. The highest BCUT2D eigenvalue weighted by atomic mass is 32.2. The zero-order valence-electron chi connectivity index (χ0n) is 18.7. The number of benzene rings is 3. The first-order chi connectivity index (χ1) is 15.2. The van der Waals surface area contributed by atoms with Crippen molar-refractivity contribution < 1.29 is 17.9 Å². The van der Waals surface area contributed by atoms with Crippen molar-refractivity contribution >= 4 is 21.6 Å². The molecule has 0 aliphatic rings. The van der Waals surface area contributed by atoms with Gasteiger partial charge in [0.1, 0.15) is 12.4 Å². The molecule has 0 atom stereocenters. The van der Waals surface area contributed by atoms with Crippen molar-refractivity contribution in [3.63, 3.8) is 0 Å². The Morgan fingerprint density at radius 2 is 1.50 bits per heavy atom. The second kappa shape index (κ2) is 9.87. The Morgan fingerprint density at radius 3 is 2.22 bits per heavy atom. The normalized spacial score (nSPS) is 11.1. The molecule has 32 heavy (non-hydrogen) atoms. The molecule has 0 aromatic heterocycles. The lowest BCUT2D eigenvalue weighted by atomic mass is 10.1. The maximum Gasteiger partial charge on any atom is 0.261 e. The van der Waals surface area contributed by atoms with E-state index in [1.54, 1.807) is 49.4 Å². The molecule has 0 saturated heterocycles. The number of carbonyl (C=O) groups is 1. The number of nitrogens with one attached hydrogen (secondary N) is 2. The molecule has 0 aliphatic carbocycles. The van der Waals surface area contributed by atoms with Crippen LogP contribution in [0.15, 0.2) is 65.6 Å². The van der Waals surface area contributed by atoms with E-state index in [0.29, 0.717) is 24.4 Å². The molecular weight excluding hydrogens is 424 g/mol. The van der Waals surface area contributed by atoms with Crippen molar-refractivity contribution in [2.24, 2.45) is 0 Å². The Morgan fingerprint density at radius 1 is 0.844 bits per heavy atom. The first-order valence-electron chi connectivity index (χ1n) is 10.3. The van der Waals surface area contributed by atoms with Gasteiger partial charge in [0.25, 0.3) is 15.9 Å². The molecule has 0 aliphatic heterocycles. The average molecular weight is 453 g/mol. The van der Waals surface area contributed by atoms with E-state index in [1.807, 2.05) is 39.0 Å². The fourth-order valence-electron chi connectivity index (χ4n) is 3.08. The third-order valence-electron chi connectivity index (χ3n) is 5.06. The summed E-state index contributed by atoms with van der Waals surface area (Å²) in [5.41, 5.74) is 4.56. The van der Waals surface area contributed by atoms with Crippen LogP contribution in [0.3, 0.4) is 0 Å². The Labute approximate surface area is 189 Å². The molecule has 0 heterocycles. The number of amides is 1. The van der Waals surface area contributed by atoms with Gasteiger partial charge in [-0.05, 0) is 74.7 Å². The van der Waals surface area contributed by atoms with Gasteiger partial charge in [0.05, 0.1) is 17.1 Å². The number of hydrogen-bond donors (Lipinski definition) is 2. The summed E-state index contributed by atoms with van der Waals surface area (Å²) in [5.74, 6) is 0.493. The SMILES string of the molecule is Cc1ccc(S(=O)(=O)Nc2cc(C(=O)NCCOc3cc(C)ccc3C)ccc2C)cc1. The predicted molar refractivity (Wildman–Crippen MR) is 127 cm³/mol. The van der Waals surface area contributed by atoms with Crippen molar-refractivity contribution in [3.8, 4) is 5.75 Å². The standard InChI is InChI=1S/C25H28N2O4S/c1-17-6-11-22(12-7-17)32(29,30)27-23-16-21(10-9-19(23)3)25(28)26-13-14-31-24-15-18(2)5-8-20(24)4/h5-12,15-16,27H,13-14H2,1-4H3,(H,26,28). The summed E-state index contributed by atoms with van der Waals surface area (Å²) in [6, 6.07) is 17.5. The highest BCUT2D eigenvalue weighted by Gasteiger charge is 2.16. The lowest BCUT2D eigenvalue weighted by molar-refractivity contribution is 0.0947. The molecule has 0 fully saturated rings.